The molecule has 112 valence electrons. The molecule has 0 atom stereocenters. The highest BCUT2D eigenvalue weighted by Crippen LogP contribution is 2.28. The van der Waals surface area contributed by atoms with E-state index in [1.165, 1.54) is 25.6 Å². The summed E-state index contributed by atoms with van der Waals surface area (Å²) in [6, 6.07) is 7.73. The zero-order valence-electron chi connectivity index (χ0n) is 11.3. The number of carboxylic acid groups (broad SMARTS) is 1. The number of nitrogens with zero attached hydrogens (tertiary/aromatic N) is 1. The first kappa shape index (κ1) is 15.3. The number of ether oxygens (including phenoxy) is 1. The SMILES string of the molecule is COc1ccc(N(C)S(=O)(=O)c2ccsc2C(=O)O)cc1. The average Bonchev–Trinajstić information content (AvgIpc) is 2.97. The molecule has 1 N–H and O–H groups in total. The summed E-state index contributed by atoms with van der Waals surface area (Å²) < 4.78 is 31.1. The van der Waals surface area contributed by atoms with Gasteiger partial charge in [-0.25, -0.2) is 13.2 Å². The highest BCUT2D eigenvalue weighted by Gasteiger charge is 2.28. The zero-order chi connectivity index (χ0) is 15.6. The van der Waals surface area contributed by atoms with Crippen molar-refractivity contribution >= 4 is 33.0 Å². The topological polar surface area (TPSA) is 83.9 Å². The molecule has 6 nitrogen and oxygen atoms in total. The molecule has 0 spiro atoms. The van der Waals surface area contributed by atoms with Gasteiger partial charge in [-0.15, -0.1) is 11.3 Å². The van der Waals surface area contributed by atoms with Crippen LogP contribution >= 0.6 is 11.3 Å². The summed E-state index contributed by atoms with van der Waals surface area (Å²) in [7, 11) is -1.03. The fourth-order valence-electron chi connectivity index (χ4n) is 1.73. The molecule has 0 bridgehead atoms. The van der Waals surface area contributed by atoms with Crippen LogP contribution in [-0.4, -0.2) is 33.7 Å². The summed E-state index contributed by atoms with van der Waals surface area (Å²) in [5, 5.41) is 10.5. The maximum atomic E-state index is 12.5. The van der Waals surface area contributed by atoms with Crippen LogP contribution in [0.3, 0.4) is 0 Å². The number of rotatable bonds is 5. The van der Waals surface area contributed by atoms with E-state index >= 15 is 0 Å². The minimum atomic E-state index is -3.92. The summed E-state index contributed by atoms with van der Waals surface area (Å²) >= 11 is 0.878. The number of carboxylic acids is 1. The lowest BCUT2D eigenvalue weighted by Gasteiger charge is -2.19. The van der Waals surface area contributed by atoms with Crippen molar-refractivity contribution in [2.75, 3.05) is 18.5 Å². The Hall–Kier alpha value is -2.06. The third kappa shape index (κ3) is 2.86. The van der Waals surface area contributed by atoms with E-state index in [1.807, 2.05) is 0 Å². The van der Waals surface area contributed by atoms with E-state index in [0.29, 0.717) is 11.4 Å². The minimum Gasteiger partial charge on any atom is -0.497 e. The molecule has 1 aromatic carbocycles. The Morgan fingerprint density at radius 3 is 2.38 bits per heavy atom. The molecular formula is C13H13NO5S2. The molecule has 0 amide bonds. The van der Waals surface area contributed by atoms with E-state index in [9.17, 15) is 13.2 Å². The smallest absolute Gasteiger partial charge is 0.347 e. The van der Waals surface area contributed by atoms with E-state index in [1.54, 1.807) is 24.3 Å². The Kier molecular flexibility index (Phi) is 4.19. The maximum absolute atomic E-state index is 12.5. The van der Waals surface area contributed by atoms with Crippen molar-refractivity contribution in [1.29, 1.82) is 0 Å². The molecule has 0 saturated heterocycles. The van der Waals surface area contributed by atoms with Crippen LogP contribution in [-0.2, 0) is 10.0 Å². The fourth-order valence-corrected chi connectivity index (χ4v) is 4.16. The number of carbonyl (C=O) groups is 1. The van der Waals surface area contributed by atoms with Gasteiger partial charge in [0.25, 0.3) is 10.0 Å². The third-order valence-electron chi connectivity index (χ3n) is 2.90. The summed E-state index contributed by atoms with van der Waals surface area (Å²) in [5.41, 5.74) is 0.415. The Labute approximate surface area is 126 Å². The number of hydrogen-bond acceptors (Lipinski definition) is 5. The molecule has 0 aliphatic rings. The van der Waals surface area contributed by atoms with E-state index in [2.05, 4.69) is 0 Å². The summed E-state index contributed by atoms with van der Waals surface area (Å²) in [6.07, 6.45) is 0. The van der Waals surface area contributed by atoms with Crippen molar-refractivity contribution in [3.63, 3.8) is 0 Å². The lowest BCUT2D eigenvalue weighted by molar-refractivity contribution is 0.0698. The van der Waals surface area contributed by atoms with Crippen LogP contribution in [0.2, 0.25) is 0 Å². The minimum absolute atomic E-state index is 0.199. The predicted molar refractivity (Wildman–Crippen MR) is 79.9 cm³/mol. The van der Waals surface area contributed by atoms with Gasteiger partial charge in [-0.05, 0) is 35.7 Å². The van der Waals surface area contributed by atoms with Gasteiger partial charge in [0.2, 0.25) is 0 Å². The number of thiophene rings is 1. The van der Waals surface area contributed by atoms with E-state index < -0.39 is 16.0 Å². The first-order chi connectivity index (χ1) is 9.87. The van der Waals surface area contributed by atoms with Crippen molar-refractivity contribution < 1.29 is 23.1 Å². The first-order valence-electron chi connectivity index (χ1n) is 5.81. The highest BCUT2D eigenvalue weighted by atomic mass is 32.2. The Morgan fingerprint density at radius 2 is 1.86 bits per heavy atom. The van der Waals surface area contributed by atoms with Gasteiger partial charge in [0.1, 0.15) is 15.5 Å². The molecular weight excluding hydrogens is 314 g/mol. The van der Waals surface area contributed by atoms with E-state index in [0.717, 1.165) is 15.6 Å². The Balaban J connectivity index is 2.42. The van der Waals surface area contributed by atoms with Crippen molar-refractivity contribution in [3.8, 4) is 5.75 Å². The van der Waals surface area contributed by atoms with Gasteiger partial charge >= 0.3 is 5.97 Å². The average molecular weight is 327 g/mol. The van der Waals surface area contributed by atoms with Crippen molar-refractivity contribution in [2.24, 2.45) is 0 Å². The zero-order valence-corrected chi connectivity index (χ0v) is 12.9. The van der Waals surface area contributed by atoms with Crippen molar-refractivity contribution in [2.45, 2.75) is 4.90 Å². The standard InChI is InChI=1S/C13H13NO5S2/c1-14(9-3-5-10(19-2)6-4-9)21(17,18)11-7-8-20-12(11)13(15)16/h3-8H,1-2H3,(H,15,16). The molecule has 0 fully saturated rings. The summed E-state index contributed by atoms with van der Waals surface area (Å²) in [4.78, 5) is 10.7. The predicted octanol–water partition coefficient (Wildman–Crippen LogP) is 2.28. The molecule has 2 aromatic rings. The second kappa shape index (κ2) is 5.74. The van der Waals surface area contributed by atoms with Crippen LogP contribution in [0.1, 0.15) is 9.67 Å². The van der Waals surface area contributed by atoms with Crippen LogP contribution in [0.4, 0.5) is 5.69 Å². The maximum Gasteiger partial charge on any atom is 0.347 e. The number of anilines is 1. The largest absolute Gasteiger partial charge is 0.497 e. The Morgan fingerprint density at radius 1 is 1.24 bits per heavy atom. The fraction of sp³-hybridized carbons (Fsp3) is 0.154. The van der Waals surface area contributed by atoms with Crippen LogP contribution in [0.5, 0.6) is 5.75 Å². The van der Waals surface area contributed by atoms with Gasteiger partial charge in [-0.2, -0.15) is 0 Å². The number of sulfonamides is 1. The summed E-state index contributed by atoms with van der Waals surface area (Å²) in [6.45, 7) is 0. The van der Waals surface area contributed by atoms with Gasteiger partial charge in [-0.1, -0.05) is 0 Å². The second-order valence-electron chi connectivity index (χ2n) is 4.09. The van der Waals surface area contributed by atoms with E-state index in [4.69, 9.17) is 9.84 Å². The normalized spacial score (nSPS) is 11.1. The van der Waals surface area contributed by atoms with Gasteiger partial charge < -0.3 is 9.84 Å². The molecule has 0 unspecified atom stereocenters. The second-order valence-corrected chi connectivity index (χ2v) is 6.94. The molecule has 0 radical (unpaired) electrons. The van der Waals surface area contributed by atoms with Crippen LogP contribution in [0, 0.1) is 0 Å². The quantitative estimate of drug-likeness (QED) is 0.911. The van der Waals surface area contributed by atoms with Crippen LogP contribution < -0.4 is 9.04 Å². The molecule has 1 heterocycles. The third-order valence-corrected chi connectivity index (χ3v) is 5.76. The Bertz CT molecular complexity index is 749. The number of aromatic carboxylic acids is 1. The lowest BCUT2D eigenvalue weighted by atomic mass is 10.3. The number of benzene rings is 1. The van der Waals surface area contributed by atoms with Gasteiger partial charge in [0, 0.05) is 7.05 Å². The molecule has 8 heteroatoms. The summed E-state index contributed by atoms with van der Waals surface area (Å²) in [5.74, 6) is -0.655. The molecule has 0 aliphatic heterocycles. The number of methoxy groups -OCH3 is 1. The van der Waals surface area contributed by atoms with Crippen molar-refractivity contribution in [1.82, 2.24) is 0 Å². The first-order valence-corrected chi connectivity index (χ1v) is 8.13. The van der Waals surface area contributed by atoms with Gasteiger partial charge in [0.05, 0.1) is 12.8 Å². The highest BCUT2D eigenvalue weighted by molar-refractivity contribution is 7.93. The van der Waals surface area contributed by atoms with Gasteiger partial charge in [0.15, 0.2) is 0 Å². The van der Waals surface area contributed by atoms with Crippen LogP contribution in [0.15, 0.2) is 40.6 Å². The molecule has 21 heavy (non-hydrogen) atoms. The number of hydrogen-bond donors (Lipinski definition) is 1. The van der Waals surface area contributed by atoms with Crippen LogP contribution in [0.25, 0.3) is 0 Å². The molecule has 0 aliphatic carbocycles. The lowest BCUT2D eigenvalue weighted by Crippen LogP contribution is -2.27. The molecule has 2 rings (SSSR count). The molecule has 0 saturated carbocycles. The van der Waals surface area contributed by atoms with Gasteiger partial charge in [-0.3, -0.25) is 4.31 Å². The molecule has 1 aromatic heterocycles. The van der Waals surface area contributed by atoms with Crippen molar-refractivity contribution in [3.05, 3.63) is 40.6 Å². The van der Waals surface area contributed by atoms with E-state index in [-0.39, 0.29) is 9.77 Å². The monoisotopic (exact) mass is 327 g/mol.